The van der Waals surface area contributed by atoms with E-state index in [1.807, 2.05) is 6.07 Å². The van der Waals surface area contributed by atoms with Crippen LogP contribution in [0.2, 0.25) is 0 Å². The van der Waals surface area contributed by atoms with Crippen LogP contribution in [0.4, 0.5) is 0 Å². The Morgan fingerprint density at radius 1 is 1.38 bits per heavy atom. The average Bonchev–Trinajstić information content (AvgIpc) is 2.70. The highest BCUT2D eigenvalue weighted by molar-refractivity contribution is 6.07. The first kappa shape index (κ1) is 10.4. The molecule has 0 unspecified atom stereocenters. The maximum absolute atomic E-state index is 12.0. The fourth-order valence-electron chi connectivity index (χ4n) is 1.39. The van der Waals surface area contributed by atoms with Crippen LogP contribution in [0.15, 0.2) is 35.0 Å². The van der Waals surface area contributed by atoms with Gasteiger partial charge in [0.05, 0.1) is 0 Å². The van der Waals surface area contributed by atoms with Gasteiger partial charge in [-0.2, -0.15) is 0 Å². The molecule has 5 heteroatoms. The molecule has 0 saturated carbocycles. The molecule has 0 N–H and O–H groups in total. The minimum Gasteiger partial charge on any atom is -0.305 e. The van der Waals surface area contributed by atoms with E-state index in [1.54, 1.807) is 31.2 Å². The minimum absolute atomic E-state index is 0.183. The summed E-state index contributed by atoms with van der Waals surface area (Å²) in [5.41, 5.74) is 1.37. The van der Waals surface area contributed by atoms with E-state index < -0.39 is 0 Å². The van der Waals surface area contributed by atoms with Crippen LogP contribution in [-0.4, -0.2) is 18.0 Å². The van der Waals surface area contributed by atoms with Crippen LogP contribution >= 0.6 is 0 Å². The average molecular weight is 219 g/mol. The summed E-state index contributed by atoms with van der Waals surface area (Å²) >= 11 is 0. The minimum atomic E-state index is -0.183. The van der Waals surface area contributed by atoms with E-state index in [0.717, 1.165) is 4.90 Å². The molecule has 0 fully saturated rings. The molecule has 0 radical (unpaired) electrons. The molecule has 82 valence electrons. The van der Waals surface area contributed by atoms with Gasteiger partial charge in [0, 0.05) is 12.5 Å². The molecule has 1 aromatic carbocycles. The Morgan fingerprint density at radius 3 is 2.62 bits per heavy atom. The molecular formula is C11H11N2O3+. The lowest BCUT2D eigenvalue weighted by atomic mass is 10.1. The third kappa shape index (κ3) is 1.67. The lowest BCUT2D eigenvalue weighted by molar-refractivity contribution is -1.02. The Hall–Kier alpha value is -2.17. The third-order valence-electron chi connectivity index (χ3n) is 2.24. The molecule has 5 nitrogen and oxygen atoms in total. The normalized spacial score (nSPS) is 10.1. The summed E-state index contributed by atoms with van der Waals surface area (Å²) in [5, 5.41) is 3.68. The highest BCUT2D eigenvalue weighted by Crippen LogP contribution is 2.08. The van der Waals surface area contributed by atoms with E-state index >= 15 is 0 Å². The van der Waals surface area contributed by atoms with Crippen LogP contribution in [0.5, 0.6) is 0 Å². The van der Waals surface area contributed by atoms with Gasteiger partial charge in [-0.1, -0.05) is 30.3 Å². The number of benzene rings is 1. The van der Waals surface area contributed by atoms with E-state index in [9.17, 15) is 4.79 Å². The Bertz CT molecular complexity index is 505. The summed E-state index contributed by atoms with van der Waals surface area (Å²) in [6.45, 7) is 1.70. The first-order valence-electron chi connectivity index (χ1n) is 4.77. The molecule has 0 bridgehead atoms. The Labute approximate surface area is 92.2 Å². The predicted molar refractivity (Wildman–Crippen MR) is 53.8 cm³/mol. The maximum atomic E-state index is 12.0. The summed E-state index contributed by atoms with van der Waals surface area (Å²) in [5.74, 6) is -0.183. The van der Waals surface area contributed by atoms with E-state index in [-0.39, 0.29) is 11.5 Å². The number of rotatable bonds is 3. The van der Waals surface area contributed by atoms with E-state index in [0.29, 0.717) is 11.3 Å². The van der Waals surface area contributed by atoms with Crippen LogP contribution < -0.4 is 9.74 Å². The molecule has 0 amide bonds. The molecule has 16 heavy (non-hydrogen) atoms. The smallest absolute Gasteiger partial charge is 0.305 e. The summed E-state index contributed by atoms with van der Waals surface area (Å²) < 4.78 is 4.81. The summed E-state index contributed by atoms with van der Waals surface area (Å²) in [7, 11) is 1.44. The van der Waals surface area contributed by atoms with Gasteiger partial charge >= 0.3 is 5.69 Å². The number of aromatic nitrogens is 2. The molecule has 2 rings (SSSR count). The van der Waals surface area contributed by atoms with Crippen molar-refractivity contribution in [3.63, 3.8) is 0 Å². The number of carbonyl (C=O) groups is 1. The molecule has 0 saturated heterocycles. The highest BCUT2D eigenvalue weighted by Gasteiger charge is 2.28. The zero-order valence-electron chi connectivity index (χ0n) is 9.01. The van der Waals surface area contributed by atoms with Gasteiger partial charge in [-0.15, -0.1) is 0 Å². The van der Waals surface area contributed by atoms with Crippen LogP contribution in [-0.2, 0) is 0 Å². The second-order valence-electron chi connectivity index (χ2n) is 3.24. The van der Waals surface area contributed by atoms with Gasteiger partial charge in [0.15, 0.2) is 5.16 Å². The highest BCUT2D eigenvalue weighted by atomic mass is 16.8. The Kier molecular flexibility index (Phi) is 2.68. The molecule has 2 aromatic rings. The molecule has 0 atom stereocenters. The van der Waals surface area contributed by atoms with Crippen molar-refractivity contribution in [3.8, 4) is 0 Å². The summed E-state index contributed by atoms with van der Waals surface area (Å²) in [6.07, 6.45) is 0. The van der Waals surface area contributed by atoms with Gasteiger partial charge in [0.1, 0.15) is 12.0 Å². The van der Waals surface area contributed by atoms with Gasteiger partial charge in [-0.25, -0.2) is 0 Å². The lowest BCUT2D eigenvalue weighted by Crippen LogP contribution is -2.41. The second kappa shape index (κ2) is 4.14. The van der Waals surface area contributed by atoms with Gasteiger partial charge in [-0.05, 0) is 4.63 Å². The summed E-state index contributed by atoms with van der Waals surface area (Å²) in [6, 6.07) is 8.91. The topological polar surface area (TPSA) is 56.2 Å². The van der Waals surface area contributed by atoms with Crippen molar-refractivity contribution in [2.75, 3.05) is 7.11 Å². The van der Waals surface area contributed by atoms with Crippen molar-refractivity contribution in [3.05, 3.63) is 47.3 Å². The van der Waals surface area contributed by atoms with Crippen molar-refractivity contribution in [2.24, 2.45) is 0 Å². The first-order valence-corrected chi connectivity index (χ1v) is 4.77. The molecule has 0 aliphatic carbocycles. The van der Waals surface area contributed by atoms with Gasteiger partial charge in [-0.3, -0.25) is 4.79 Å². The molecule has 0 spiro atoms. The fraction of sp³-hybridized carbons (Fsp3) is 0.182. The zero-order chi connectivity index (χ0) is 11.5. The summed E-state index contributed by atoms with van der Waals surface area (Å²) in [4.78, 5) is 17.9. The van der Waals surface area contributed by atoms with E-state index in [2.05, 4.69) is 5.16 Å². The quantitative estimate of drug-likeness (QED) is 0.708. The monoisotopic (exact) mass is 219 g/mol. The largest absolute Gasteiger partial charge is 0.321 e. The number of hydrogen-bond acceptors (Lipinski definition) is 4. The second-order valence-corrected chi connectivity index (χ2v) is 3.24. The number of hydrogen-bond donors (Lipinski definition) is 0. The Morgan fingerprint density at radius 2 is 2.06 bits per heavy atom. The zero-order valence-corrected chi connectivity index (χ0v) is 9.01. The van der Waals surface area contributed by atoms with Crippen LogP contribution in [0, 0.1) is 6.92 Å². The van der Waals surface area contributed by atoms with Crippen molar-refractivity contribution in [2.45, 2.75) is 6.92 Å². The molecule has 0 aliphatic rings. The lowest BCUT2D eigenvalue weighted by Gasteiger charge is -1.92. The number of nitrogens with zero attached hydrogens (tertiary/aromatic N) is 2. The molecule has 1 aromatic heterocycles. The van der Waals surface area contributed by atoms with E-state index in [1.165, 1.54) is 7.11 Å². The fourth-order valence-corrected chi connectivity index (χ4v) is 1.39. The van der Waals surface area contributed by atoms with Gasteiger partial charge in [0.25, 0.3) is 5.69 Å². The van der Waals surface area contributed by atoms with Crippen molar-refractivity contribution in [1.82, 2.24) is 5.16 Å². The number of ketones is 1. The van der Waals surface area contributed by atoms with Gasteiger partial charge in [0.2, 0.25) is 5.78 Å². The first-order chi connectivity index (χ1) is 7.74. The van der Waals surface area contributed by atoms with Gasteiger partial charge < -0.3 is 4.84 Å². The van der Waals surface area contributed by atoms with Crippen LogP contribution in [0.25, 0.3) is 0 Å². The molecule has 1 heterocycles. The van der Waals surface area contributed by atoms with Crippen molar-refractivity contribution >= 4 is 5.78 Å². The standard InChI is InChI=1S/C11H11N2O3/c1-8-10(12-16-13(8)15-2)11(14)9-6-4-3-5-7-9/h3-7H,1-2H3/q+1. The predicted octanol–water partition coefficient (Wildman–Crippen LogP) is 0.560. The third-order valence-corrected chi connectivity index (χ3v) is 2.24. The Balaban J connectivity index is 2.38. The van der Waals surface area contributed by atoms with Crippen LogP contribution in [0.1, 0.15) is 21.7 Å². The van der Waals surface area contributed by atoms with Crippen LogP contribution in [0.3, 0.4) is 0 Å². The SMILES string of the molecule is CO[n+]1onc(C(=O)c2ccccc2)c1C. The molecular weight excluding hydrogens is 208 g/mol. The van der Waals surface area contributed by atoms with Crippen molar-refractivity contribution in [1.29, 1.82) is 0 Å². The van der Waals surface area contributed by atoms with Crippen molar-refractivity contribution < 1.29 is 19.2 Å². The molecule has 0 aliphatic heterocycles. The van der Waals surface area contributed by atoms with E-state index in [4.69, 9.17) is 9.47 Å². The maximum Gasteiger partial charge on any atom is 0.321 e. The number of carbonyl (C=O) groups excluding carboxylic acids is 1.